The Morgan fingerprint density at radius 2 is 0.841 bits per heavy atom. The van der Waals surface area contributed by atoms with Crippen molar-refractivity contribution in [3.8, 4) is 59.2 Å². The minimum absolute atomic E-state index is 0.122. The molecule has 3 heterocycles. The van der Waals surface area contributed by atoms with Gasteiger partial charge in [-0.05, 0) is 110 Å². The number of hydrogen-bond donors (Lipinski definition) is 0. The first-order valence-electron chi connectivity index (χ1n) is 23.5. The number of nitrogens with zero attached hydrogens (tertiary/aromatic N) is 3. The van der Waals surface area contributed by atoms with Gasteiger partial charge in [-0.15, -0.1) is 0 Å². The van der Waals surface area contributed by atoms with E-state index in [4.69, 9.17) is 0 Å². The summed E-state index contributed by atoms with van der Waals surface area (Å²) in [6.45, 7) is 25.7. The molecule has 0 saturated carbocycles. The third-order valence-electron chi connectivity index (χ3n) is 9.90. The Bertz CT molecular complexity index is 3190. The largest absolute Gasteiger partial charge is 0.199 e. The molecule has 3 aromatic heterocycles. The molecule has 0 unspecified atom stereocenters. The maximum absolute atomic E-state index is 4.46. The Morgan fingerprint density at radius 3 is 1.26 bits per heavy atom. The molecule has 0 aliphatic carbocycles. The number of pyridine rings is 3. The van der Waals surface area contributed by atoms with Crippen LogP contribution in [-0.4, -0.2) is 0 Å². The highest BCUT2D eigenvalue weighted by molar-refractivity contribution is 5.58. The lowest BCUT2D eigenvalue weighted by Gasteiger charge is -2.07. The first kappa shape index (κ1) is 50.3. The summed E-state index contributed by atoms with van der Waals surface area (Å²) < 4.78 is 6.51. The zero-order valence-corrected chi connectivity index (χ0v) is 41.9. The first-order valence-corrected chi connectivity index (χ1v) is 23.5. The Balaban J connectivity index is 1.38. The van der Waals surface area contributed by atoms with Gasteiger partial charge in [0.25, 0.3) is 0 Å². The number of rotatable bonds is 10. The average molecular weight is 899 g/mol. The van der Waals surface area contributed by atoms with Crippen LogP contribution in [0.25, 0.3) is 6.08 Å². The molecule has 3 aromatic carbocycles. The molecule has 340 valence electrons. The lowest BCUT2D eigenvalue weighted by atomic mass is 9.97. The van der Waals surface area contributed by atoms with E-state index in [1.54, 1.807) is 0 Å². The molecule has 0 radical (unpaired) electrons. The highest BCUT2D eigenvalue weighted by Gasteiger charge is 2.12. The summed E-state index contributed by atoms with van der Waals surface area (Å²) in [6.07, 6.45) is 22.5. The molecule has 0 amide bonds. The van der Waals surface area contributed by atoms with Gasteiger partial charge in [0.15, 0.2) is 56.8 Å². The monoisotopic (exact) mass is 899 g/mol. The Labute approximate surface area is 413 Å². The van der Waals surface area contributed by atoms with Gasteiger partial charge in [0.05, 0.1) is 27.8 Å². The summed E-state index contributed by atoms with van der Waals surface area (Å²) in [6, 6.07) is 37.6. The summed E-state index contributed by atoms with van der Waals surface area (Å²) in [4.78, 5) is 0. The van der Waals surface area contributed by atoms with Crippen LogP contribution in [0.1, 0.15) is 112 Å². The van der Waals surface area contributed by atoms with Crippen molar-refractivity contribution < 1.29 is 13.7 Å². The van der Waals surface area contributed by atoms with Gasteiger partial charge in [-0.25, -0.2) is 0 Å². The molecule has 0 N–H and O–H groups in total. The number of hydrogen-bond acceptors (Lipinski definition) is 0. The first-order chi connectivity index (χ1) is 32.9. The van der Waals surface area contributed by atoms with Crippen molar-refractivity contribution in [3.05, 3.63) is 238 Å². The summed E-state index contributed by atoms with van der Waals surface area (Å²) in [7, 11) is 0. The molecule has 3 heteroatoms. The van der Waals surface area contributed by atoms with Crippen molar-refractivity contribution >= 4 is 6.08 Å². The predicted molar refractivity (Wildman–Crippen MR) is 285 cm³/mol. The van der Waals surface area contributed by atoms with E-state index in [0.29, 0.717) is 13.1 Å². The van der Waals surface area contributed by atoms with Crippen molar-refractivity contribution in [1.29, 1.82) is 0 Å². The van der Waals surface area contributed by atoms with E-state index in [1.165, 1.54) is 16.7 Å². The highest BCUT2D eigenvalue weighted by atomic mass is 14.9. The van der Waals surface area contributed by atoms with Crippen molar-refractivity contribution in [2.45, 2.75) is 81.9 Å². The fraction of sp³-hybridized carbons (Fsp3) is 0.227. The van der Waals surface area contributed by atoms with Gasteiger partial charge in [-0.3, -0.25) is 0 Å². The second-order valence-corrected chi connectivity index (χ2v) is 20.3. The molecule has 0 aliphatic heterocycles. The van der Waals surface area contributed by atoms with Crippen LogP contribution in [0.3, 0.4) is 0 Å². The summed E-state index contributed by atoms with van der Waals surface area (Å²) in [5.74, 6) is 34.0. The summed E-state index contributed by atoms with van der Waals surface area (Å²) in [5, 5.41) is 0. The van der Waals surface area contributed by atoms with Crippen molar-refractivity contribution in [2.24, 2.45) is 16.2 Å². The molecule has 3 nitrogen and oxygen atoms in total. The molecule has 0 bridgehead atoms. The van der Waals surface area contributed by atoms with Crippen LogP contribution in [0, 0.1) is 75.4 Å². The maximum Gasteiger partial charge on any atom is 0.184 e. The van der Waals surface area contributed by atoms with Crippen LogP contribution >= 0.6 is 0 Å². The molecule has 69 heavy (non-hydrogen) atoms. The third kappa shape index (κ3) is 18.9. The van der Waals surface area contributed by atoms with Gasteiger partial charge < -0.3 is 0 Å². The van der Waals surface area contributed by atoms with E-state index in [2.05, 4.69) is 276 Å². The van der Waals surface area contributed by atoms with E-state index in [9.17, 15) is 0 Å². The number of aromatic nitrogens is 3. The minimum atomic E-state index is -0.145. The molecule has 0 aliphatic rings. The summed E-state index contributed by atoms with van der Waals surface area (Å²) in [5.41, 5.74) is 10.3. The molecular weight excluding hydrogens is 835 g/mol. The molecule has 6 aromatic rings. The number of allylic oxidation sites excluding steroid dienone is 6. The zero-order valence-electron chi connectivity index (χ0n) is 41.9. The molecule has 6 rings (SSSR count). The van der Waals surface area contributed by atoms with Gasteiger partial charge in [-0.2, -0.15) is 13.7 Å². The van der Waals surface area contributed by atoms with Crippen LogP contribution < -0.4 is 13.7 Å². The Hall–Kier alpha value is -8.13. The lowest BCUT2D eigenvalue weighted by molar-refractivity contribution is -0.688. The zero-order chi connectivity index (χ0) is 49.3. The molecule has 0 saturated heterocycles. The molecule has 0 fully saturated rings. The SMILES string of the molecule is C=C(C=Cc1cc(C#CC(C)(C)C)c[n+](Cc2ccccc2)c1)/C=C(C#Cc1cc(C#CC(C)(C)C)c[n+](Cc2ccccc2)c1)\C=C\C#Cc1cc(C#CC(C)(C)C)c[n+](Cc2ccccc2)c1. The third-order valence-corrected chi connectivity index (χ3v) is 9.90. The maximum atomic E-state index is 4.46. The number of benzene rings is 3. The fourth-order valence-electron chi connectivity index (χ4n) is 6.78. The van der Waals surface area contributed by atoms with Crippen molar-refractivity contribution in [1.82, 2.24) is 0 Å². The Morgan fingerprint density at radius 1 is 0.464 bits per heavy atom. The van der Waals surface area contributed by atoms with Crippen LogP contribution in [-0.2, 0) is 19.6 Å². The minimum Gasteiger partial charge on any atom is -0.199 e. The standard InChI is InChI=1S/C66H64N3/c1-53(30-31-59-42-62(35-38-65(5,6)7)51-68(48-59)45-56-25-16-12-17-26-56)40-54(32-33-60-43-63(36-39-66(8,9)10)52-69(49-60)46-57-27-18-13-19-28-57)22-20-21-29-58-41-61(34-37-64(2,3)4)50-67(47-58)44-55-23-14-11-15-24-55/h11-20,22-28,30-31,40-43,47-52H,1,44-46H2,2-10H3/q+3/b22-20+,31-30?,54-40+. The lowest BCUT2D eigenvalue weighted by Crippen LogP contribution is -2.34. The Kier molecular flexibility index (Phi) is 17.2. The van der Waals surface area contributed by atoms with Crippen LogP contribution in [0.2, 0.25) is 0 Å². The molecular formula is C66H64N3+3. The van der Waals surface area contributed by atoms with Crippen molar-refractivity contribution in [2.75, 3.05) is 0 Å². The van der Waals surface area contributed by atoms with Gasteiger partial charge in [0.1, 0.15) is 0 Å². The van der Waals surface area contributed by atoms with Gasteiger partial charge >= 0.3 is 0 Å². The van der Waals surface area contributed by atoms with E-state index in [-0.39, 0.29) is 16.2 Å². The van der Waals surface area contributed by atoms with Crippen molar-refractivity contribution in [3.63, 3.8) is 0 Å². The highest BCUT2D eigenvalue weighted by Crippen LogP contribution is 2.15. The summed E-state index contributed by atoms with van der Waals surface area (Å²) >= 11 is 0. The van der Waals surface area contributed by atoms with Gasteiger partial charge in [-0.1, -0.05) is 163 Å². The second-order valence-electron chi connectivity index (χ2n) is 20.3. The topological polar surface area (TPSA) is 11.6 Å². The van der Waals surface area contributed by atoms with Crippen LogP contribution in [0.5, 0.6) is 0 Å². The second kappa shape index (κ2) is 23.5. The molecule has 0 atom stereocenters. The van der Waals surface area contributed by atoms with E-state index < -0.39 is 0 Å². The van der Waals surface area contributed by atoms with E-state index in [0.717, 1.165) is 51.1 Å². The van der Waals surface area contributed by atoms with Gasteiger partial charge in [0.2, 0.25) is 0 Å². The quantitative estimate of drug-likeness (QED) is 0.0738. The molecule has 0 spiro atoms. The van der Waals surface area contributed by atoms with E-state index in [1.807, 2.05) is 42.5 Å². The fourth-order valence-corrected chi connectivity index (χ4v) is 6.78. The van der Waals surface area contributed by atoms with Crippen LogP contribution in [0.15, 0.2) is 188 Å². The van der Waals surface area contributed by atoms with Gasteiger partial charge in [0, 0.05) is 44.1 Å². The normalized spacial score (nSPS) is 11.5. The average Bonchev–Trinajstić information content (AvgIpc) is 3.29. The smallest absolute Gasteiger partial charge is 0.184 e. The van der Waals surface area contributed by atoms with E-state index >= 15 is 0 Å². The predicted octanol–water partition coefficient (Wildman–Crippen LogP) is 12.0. The van der Waals surface area contributed by atoms with Crippen LogP contribution in [0.4, 0.5) is 0 Å².